The lowest BCUT2D eigenvalue weighted by molar-refractivity contribution is -0.171. The highest BCUT2D eigenvalue weighted by Gasteiger charge is 2.62. The second kappa shape index (κ2) is 10.7. The minimum Gasteiger partial charge on any atom is -0.378 e. The summed E-state index contributed by atoms with van der Waals surface area (Å²) in [6.45, 7) is 9.27. The van der Waals surface area contributed by atoms with Gasteiger partial charge in [-0.2, -0.15) is 0 Å². The standard InChI is InChI=1S/C21H32N4O3.2ClH/c1-4-28-17-14-21(22,20(17,2)3)19(27)23-15-18(26)25-12-10-24(11-13-25)16-8-6-5-7-9-16;;/h5-9,17H,4,10-15,22H2,1-3H3,(H,23,27);2*1H. The number of nitrogens with zero attached hydrogens (tertiary/aromatic N) is 2. The number of piperazine rings is 1. The minimum atomic E-state index is -1.00. The first-order chi connectivity index (χ1) is 13.3. The zero-order valence-corrected chi connectivity index (χ0v) is 19.6. The molecule has 30 heavy (non-hydrogen) atoms. The second-order valence-corrected chi connectivity index (χ2v) is 8.23. The average molecular weight is 461 g/mol. The maximum atomic E-state index is 12.7. The van der Waals surface area contributed by atoms with Gasteiger partial charge in [0.1, 0.15) is 5.54 Å². The molecular formula is C21H34Cl2N4O3. The summed E-state index contributed by atoms with van der Waals surface area (Å²) in [6.07, 6.45) is 0.443. The van der Waals surface area contributed by atoms with Crippen molar-refractivity contribution in [3.05, 3.63) is 30.3 Å². The number of hydrogen-bond donors (Lipinski definition) is 2. The maximum absolute atomic E-state index is 12.7. The number of anilines is 1. The second-order valence-electron chi connectivity index (χ2n) is 8.23. The smallest absolute Gasteiger partial charge is 0.242 e. The van der Waals surface area contributed by atoms with E-state index in [-0.39, 0.29) is 49.3 Å². The van der Waals surface area contributed by atoms with Crippen molar-refractivity contribution < 1.29 is 14.3 Å². The van der Waals surface area contributed by atoms with Gasteiger partial charge in [0, 0.05) is 50.3 Å². The van der Waals surface area contributed by atoms with E-state index in [0.717, 1.165) is 13.1 Å². The molecular weight excluding hydrogens is 427 g/mol. The summed E-state index contributed by atoms with van der Waals surface area (Å²) in [6, 6.07) is 10.2. The van der Waals surface area contributed by atoms with Crippen molar-refractivity contribution in [2.24, 2.45) is 11.1 Å². The Bertz CT molecular complexity index is 711. The summed E-state index contributed by atoms with van der Waals surface area (Å²) in [5.74, 6) is -0.340. The normalized spacial score (nSPS) is 24.7. The van der Waals surface area contributed by atoms with Gasteiger partial charge in [0.25, 0.3) is 0 Å². The molecule has 1 aliphatic heterocycles. The third-order valence-electron chi connectivity index (χ3n) is 6.39. The molecule has 0 bridgehead atoms. The SMILES string of the molecule is CCOC1CC(N)(C(=O)NCC(=O)N2CCN(c3ccccc3)CC2)C1(C)C.Cl.Cl. The third-order valence-corrected chi connectivity index (χ3v) is 6.39. The number of amides is 2. The van der Waals surface area contributed by atoms with E-state index in [2.05, 4.69) is 22.3 Å². The zero-order valence-electron chi connectivity index (χ0n) is 17.9. The van der Waals surface area contributed by atoms with Crippen LogP contribution in [0.15, 0.2) is 30.3 Å². The molecule has 7 nitrogen and oxygen atoms in total. The summed E-state index contributed by atoms with van der Waals surface area (Å²) in [7, 11) is 0. The first-order valence-electron chi connectivity index (χ1n) is 10.1. The van der Waals surface area contributed by atoms with E-state index < -0.39 is 11.0 Å². The molecule has 1 aromatic carbocycles. The lowest BCUT2D eigenvalue weighted by Gasteiger charge is -2.57. The van der Waals surface area contributed by atoms with Crippen molar-refractivity contribution in [2.75, 3.05) is 44.2 Å². The van der Waals surface area contributed by atoms with Crippen molar-refractivity contribution in [3.8, 4) is 0 Å². The number of nitrogens with one attached hydrogen (secondary N) is 1. The Morgan fingerprint density at radius 3 is 2.27 bits per heavy atom. The molecule has 2 atom stereocenters. The van der Waals surface area contributed by atoms with Gasteiger partial charge in [-0.15, -0.1) is 24.8 Å². The van der Waals surface area contributed by atoms with Gasteiger partial charge in [-0.05, 0) is 19.1 Å². The largest absolute Gasteiger partial charge is 0.378 e. The van der Waals surface area contributed by atoms with E-state index in [9.17, 15) is 9.59 Å². The predicted molar refractivity (Wildman–Crippen MR) is 123 cm³/mol. The van der Waals surface area contributed by atoms with Crippen LogP contribution in [0.2, 0.25) is 0 Å². The number of rotatable bonds is 6. The molecule has 3 N–H and O–H groups in total. The average Bonchev–Trinajstić information content (AvgIpc) is 2.72. The molecule has 2 aliphatic rings. The lowest BCUT2D eigenvalue weighted by atomic mass is 9.54. The molecule has 1 aliphatic carbocycles. The van der Waals surface area contributed by atoms with Crippen LogP contribution in [0, 0.1) is 5.41 Å². The number of benzene rings is 1. The molecule has 0 radical (unpaired) electrons. The maximum Gasteiger partial charge on any atom is 0.242 e. The number of para-hydroxylation sites is 1. The fourth-order valence-electron chi connectivity index (χ4n) is 4.10. The van der Waals surface area contributed by atoms with E-state index in [4.69, 9.17) is 10.5 Å². The molecule has 2 unspecified atom stereocenters. The summed E-state index contributed by atoms with van der Waals surface area (Å²) >= 11 is 0. The quantitative estimate of drug-likeness (QED) is 0.675. The molecule has 1 saturated heterocycles. The first kappa shape index (κ1) is 26.5. The molecule has 0 aromatic heterocycles. The van der Waals surface area contributed by atoms with Gasteiger partial charge in [0.2, 0.25) is 11.8 Å². The highest BCUT2D eigenvalue weighted by Crippen LogP contribution is 2.49. The van der Waals surface area contributed by atoms with Crippen LogP contribution in [0.1, 0.15) is 27.2 Å². The van der Waals surface area contributed by atoms with Gasteiger partial charge >= 0.3 is 0 Å². The Morgan fingerprint density at radius 2 is 1.73 bits per heavy atom. The fraction of sp³-hybridized carbons (Fsp3) is 0.619. The van der Waals surface area contributed by atoms with E-state index in [1.165, 1.54) is 5.69 Å². The van der Waals surface area contributed by atoms with Crippen molar-refractivity contribution >= 4 is 42.3 Å². The fourth-order valence-corrected chi connectivity index (χ4v) is 4.10. The van der Waals surface area contributed by atoms with Crippen LogP contribution in [-0.2, 0) is 14.3 Å². The number of ether oxygens (including phenoxy) is 1. The highest BCUT2D eigenvalue weighted by atomic mass is 35.5. The van der Waals surface area contributed by atoms with Gasteiger partial charge < -0.3 is 25.6 Å². The van der Waals surface area contributed by atoms with Crippen molar-refractivity contribution in [1.29, 1.82) is 0 Å². The van der Waals surface area contributed by atoms with E-state index in [1.54, 1.807) is 4.90 Å². The van der Waals surface area contributed by atoms with Crippen molar-refractivity contribution in [2.45, 2.75) is 38.8 Å². The van der Waals surface area contributed by atoms with Gasteiger partial charge in [-0.25, -0.2) is 0 Å². The number of carbonyl (C=O) groups excluding carboxylic acids is 2. The van der Waals surface area contributed by atoms with Crippen LogP contribution < -0.4 is 16.0 Å². The van der Waals surface area contributed by atoms with Crippen molar-refractivity contribution in [1.82, 2.24) is 10.2 Å². The van der Waals surface area contributed by atoms with Crippen molar-refractivity contribution in [3.63, 3.8) is 0 Å². The Hall–Kier alpha value is -1.54. The zero-order chi connectivity index (χ0) is 20.4. The Balaban J connectivity index is 0.00000225. The molecule has 9 heteroatoms. The topological polar surface area (TPSA) is 87.9 Å². The molecule has 3 rings (SSSR count). The number of nitrogens with two attached hydrogens (primary N) is 1. The summed E-state index contributed by atoms with van der Waals surface area (Å²) in [5, 5.41) is 2.76. The van der Waals surface area contributed by atoms with Gasteiger partial charge in [0.15, 0.2) is 0 Å². The monoisotopic (exact) mass is 460 g/mol. The molecule has 170 valence electrons. The minimum absolute atomic E-state index is 0. The molecule has 2 amide bonds. The summed E-state index contributed by atoms with van der Waals surface area (Å²) in [5.41, 5.74) is 6.08. The third kappa shape index (κ3) is 5.02. The van der Waals surface area contributed by atoms with Crippen LogP contribution in [0.3, 0.4) is 0 Å². The first-order valence-corrected chi connectivity index (χ1v) is 10.1. The van der Waals surface area contributed by atoms with Gasteiger partial charge in [0.05, 0.1) is 12.6 Å². The van der Waals surface area contributed by atoms with E-state index in [0.29, 0.717) is 26.1 Å². The molecule has 1 saturated carbocycles. The van der Waals surface area contributed by atoms with E-state index in [1.807, 2.05) is 39.0 Å². The van der Waals surface area contributed by atoms with Crippen LogP contribution >= 0.6 is 24.8 Å². The van der Waals surface area contributed by atoms with Crippen LogP contribution in [0.5, 0.6) is 0 Å². The summed E-state index contributed by atoms with van der Waals surface area (Å²) in [4.78, 5) is 29.3. The van der Waals surface area contributed by atoms with Crippen LogP contribution in [0.25, 0.3) is 0 Å². The van der Waals surface area contributed by atoms with Crippen LogP contribution in [0.4, 0.5) is 5.69 Å². The predicted octanol–water partition coefficient (Wildman–Crippen LogP) is 1.83. The van der Waals surface area contributed by atoms with Gasteiger partial charge in [-0.1, -0.05) is 32.0 Å². The number of hydrogen-bond acceptors (Lipinski definition) is 5. The number of carbonyl (C=O) groups is 2. The lowest BCUT2D eigenvalue weighted by Crippen LogP contribution is -2.76. The Labute approximate surface area is 191 Å². The highest BCUT2D eigenvalue weighted by molar-refractivity contribution is 5.92. The Morgan fingerprint density at radius 1 is 1.13 bits per heavy atom. The molecule has 0 spiro atoms. The molecule has 1 aromatic rings. The number of halogens is 2. The van der Waals surface area contributed by atoms with E-state index >= 15 is 0 Å². The molecule has 2 fully saturated rings. The van der Waals surface area contributed by atoms with Gasteiger partial charge in [-0.3, -0.25) is 9.59 Å². The Kier molecular flexibility index (Phi) is 9.42. The molecule has 1 heterocycles. The van der Waals surface area contributed by atoms with Crippen LogP contribution in [-0.4, -0.2) is 67.7 Å². The summed E-state index contributed by atoms with van der Waals surface area (Å²) < 4.78 is 5.67.